The van der Waals surface area contributed by atoms with E-state index in [1.807, 2.05) is 18.2 Å². The van der Waals surface area contributed by atoms with Crippen LogP contribution in [0, 0.1) is 0 Å². The van der Waals surface area contributed by atoms with Gasteiger partial charge in [0, 0.05) is 23.8 Å². The van der Waals surface area contributed by atoms with Gasteiger partial charge in [0.2, 0.25) is 0 Å². The lowest BCUT2D eigenvalue weighted by Crippen LogP contribution is -2.40. The van der Waals surface area contributed by atoms with Gasteiger partial charge in [-0.05, 0) is 38.5 Å². The molecule has 0 radical (unpaired) electrons. The molecule has 0 heterocycles. The molecule has 0 saturated carbocycles. The first-order valence-electron chi connectivity index (χ1n) is 18.1. The van der Waals surface area contributed by atoms with Crippen molar-refractivity contribution in [2.75, 3.05) is 19.0 Å². The van der Waals surface area contributed by atoms with Crippen LogP contribution in [0.25, 0.3) is 0 Å². The molecule has 0 aromatic carbocycles. The molecule has 5 N–H and O–H groups in total. The molecule has 0 bridgehead atoms. The lowest BCUT2D eigenvalue weighted by molar-refractivity contribution is -0.162. The van der Waals surface area contributed by atoms with Crippen molar-refractivity contribution in [3.8, 4) is 0 Å². The van der Waals surface area contributed by atoms with Crippen LogP contribution in [0.1, 0.15) is 129 Å². The van der Waals surface area contributed by atoms with Gasteiger partial charge in [-0.25, -0.2) is 0 Å². The minimum absolute atomic E-state index is 0.0476. The van der Waals surface area contributed by atoms with Gasteiger partial charge >= 0.3 is 17.9 Å². The number of ether oxygens (including phenoxy) is 2. The van der Waals surface area contributed by atoms with Gasteiger partial charge in [-0.3, -0.25) is 14.4 Å². The van der Waals surface area contributed by atoms with Crippen LogP contribution >= 0.6 is 11.8 Å². The predicted octanol–water partition coefficient (Wildman–Crippen LogP) is 7.59. The Morgan fingerprint density at radius 2 is 1.44 bits per heavy atom. The number of rotatable bonds is 32. The van der Waals surface area contributed by atoms with E-state index in [2.05, 4.69) is 32.1 Å². The first kappa shape index (κ1) is 45.6. The largest absolute Gasteiger partial charge is 0.481 e. The van der Waals surface area contributed by atoms with Crippen LogP contribution in [-0.2, 0) is 23.9 Å². The van der Waals surface area contributed by atoms with Crippen molar-refractivity contribution in [1.82, 2.24) is 0 Å². The quantitative estimate of drug-likeness (QED) is 0.0239. The number of hydrogen-bond donors (Lipinski definition) is 4. The van der Waals surface area contributed by atoms with Gasteiger partial charge in [-0.1, -0.05) is 127 Å². The molecule has 0 spiro atoms. The Kier molecular flexibility index (Phi) is 31.5. The van der Waals surface area contributed by atoms with Gasteiger partial charge < -0.3 is 30.5 Å². The summed E-state index contributed by atoms with van der Waals surface area (Å²) in [5.41, 5.74) is 6.08. The van der Waals surface area contributed by atoms with E-state index in [1.54, 1.807) is 12.2 Å². The number of aliphatic hydroxyl groups is 2. The highest BCUT2D eigenvalue weighted by molar-refractivity contribution is 8.00. The highest BCUT2D eigenvalue weighted by Gasteiger charge is 2.24. The molecule has 0 rings (SSSR count). The van der Waals surface area contributed by atoms with Crippen LogP contribution < -0.4 is 5.73 Å². The summed E-state index contributed by atoms with van der Waals surface area (Å²) in [6, 6.07) is -1.04. The third-order valence-corrected chi connectivity index (χ3v) is 9.03. The molecular formula is C38H65NO8S. The van der Waals surface area contributed by atoms with Crippen LogP contribution in [0.4, 0.5) is 0 Å². The highest BCUT2D eigenvalue weighted by Crippen LogP contribution is 2.22. The fraction of sp³-hybridized carbons (Fsp3) is 0.711. The fourth-order valence-electron chi connectivity index (χ4n) is 4.68. The Hall–Kier alpha value is -2.40. The van der Waals surface area contributed by atoms with Crippen molar-refractivity contribution in [3.05, 3.63) is 48.6 Å². The maximum absolute atomic E-state index is 12.6. The average Bonchev–Trinajstić information content (AvgIpc) is 3.07. The maximum atomic E-state index is 12.6. The van der Waals surface area contributed by atoms with E-state index in [4.69, 9.17) is 20.3 Å². The molecule has 48 heavy (non-hydrogen) atoms. The van der Waals surface area contributed by atoms with Crippen LogP contribution in [0.2, 0.25) is 0 Å². The van der Waals surface area contributed by atoms with Crippen molar-refractivity contribution in [2.45, 2.75) is 153 Å². The lowest BCUT2D eigenvalue weighted by Gasteiger charge is -2.22. The van der Waals surface area contributed by atoms with Crippen molar-refractivity contribution in [3.63, 3.8) is 0 Å². The summed E-state index contributed by atoms with van der Waals surface area (Å²) >= 11 is 1.26. The number of carbonyl (C=O) groups is 3. The first-order valence-corrected chi connectivity index (χ1v) is 19.2. The number of carbonyl (C=O) groups excluding carboxylic acids is 2. The summed E-state index contributed by atoms with van der Waals surface area (Å²) in [6.07, 6.45) is 30.6. The van der Waals surface area contributed by atoms with Crippen molar-refractivity contribution < 1.29 is 39.2 Å². The Bertz CT molecular complexity index is 936. The Balaban J connectivity index is 4.70. The molecule has 0 saturated heterocycles. The van der Waals surface area contributed by atoms with E-state index in [1.165, 1.54) is 69.5 Å². The third-order valence-electron chi connectivity index (χ3n) is 7.63. The zero-order valence-corrected chi connectivity index (χ0v) is 30.5. The van der Waals surface area contributed by atoms with E-state index in [-0.39, 0.29) is 31.6 Å². The summed E-state index contributed by atoms with van der Waals surface area (Å²) in [5.74, 6) is -1.94. The van der Waals surface area contributed by atoms with Gasteiger partial charge in [-0.15, -0.1) is 11.8 Å². The number of nitrogens with two attached hydrogens (primary N) is 1. The van der Waals surface area contributed by atoms with Crippen molar-refractivity contribution >= 4 is 29.7 Å². The molecule has 0 aliphatic rings. The van der Waals surface area contributed by atoms with E-state index >= 15 is 0 Å². The number of hydrogen-bond acceptors (Lipinski definition) is 9. The van der Waals surface area contributed by atoms with Crippen molar-refractivity contribution in [1.29, 1.82) is 0 Å². The smallest absolute Gasteiger partial charge is 0.324 e. The van der Waals surface area contributed by atoms with Gasteiger partial charge in [0.25, 0.3) is 0 Å². The second-order valence-corrected chi connectivity index (χ2v) is 13.4. The highest BCUT2D eigenvalue weighted by atomic mass is 32.2. The van der Waals surface area contributed by atoms with Gasteiger partial charge in [-0.2, -0.15) is 0 Å². The molecular weight excluding hydrogens is 630 g/mol. The van der Waals surface area contributed by atoms with Crippen LogP contribution in [0.15, 0.2) is 48.6 Å². The Morgan fingerprint density at radius 3 is 2.10 bits per heavy atom. The minimum Gasteiger partial charge on any atom is -0.481 e. The Labute approximate surface area is 294 Å². The molecule has 0 aromatic heterocycles. The molecule has 0 amide bonds. The maximum Gasteiger partial charge on any atom is 0.324 e. The topological polar surface area (TPSA) is 156 Å². The fourth-order valence-corrected chi connectivity index (χ4v) is 5.81. The normalized spacial score (nSPS) is 14.6. The number of thioether (sulfide) groups is 1. The molecule has 10 heteroatoms. The molecule has 0 aliphatic heterocycles. The van der Waals surface area contributed by atoms with Crippen LogP contribution in [0.3, 0.4) is 0 Å². The second-order valence-electron chi connectivity index (χ2n) is 12.2. The number of esters is 2. The lowest BCUT2D eigenvalue weighted by atomic mass is 10.1. The summed E-state index contributed by atoms with van der Waals surface area (Å²) in [4.78, 5) is 35.7. The molecule has 0 aliphatic carbocycles. The Morgan fingerprint density at radius 1 is 0.792 bits per heavy atom. The number of carboxylic acids is 1. The van der Waals surface area contributed by atoms with Gasteiger partial charge in [0.1, 0.15) is 12.6 Å². The van der Waals surface area contributed by atoms with Gasteiger partial charge in [0.05, 0.1) is 12.7 Å². The van der Waals surface area contributed by atoms with E-state index in [9.17, 15) is 24.6 Å². The SMILES string of the molecule is CCCCC/C=C\C\C=C/C=C/C=C/[C@@H](SC[C@H](N)C(=O)O[C@@H](CO)COC(=O)CCCCCCCCCCC)[C@@H](O)CCCC(=O)O. The zero-order chi connectivity index (χ0) is 35.7. The van der Waals surface area contributed by atoms with Crippen LogP contribution in [0.5, 0.6) is 0 Å². The van der Waals surface area contributed by atoms with Crippen molar-refractivity contribution in [2.24, 2.45) is 5.73 Å². The van der Waals surface area contributed by atoms with E-state index in [0.717, 1.165) is 32.1 Å². The summed E-state index contributed by atoms with van der Waals surface area (Å²) in [5, 5.41) is 28.9. The summed E-state index contributed by atoms with van der Waals surface area (Å²) in [7, 11) is 0. The zero-order valence-electron chi connectivity index (χ0n) is 29.6. The number of carboxylic acid groups (broad SMARTS) is 1. The first-order chi connectivity index (χ1) is 23.2. The molecule has 4 atom stereocenters. The number of unbranched alkanes of at least 4 members (excludes halogenated alkanes) is 11. The average molecular weight is 696 g/mol. The minimum atomic E-state index is -1.04. The molecule has 0 aromatic rings. The number of aliphatic carboxylic acids is 1. The third kappa shape index (κ3) is 28.6. The number of allylic oxidation sites excluding steroid dienone is 7. The monoisotopic (exact) mass is 695 g/mol. The molecule has 276 valence electrons. The predicted molar refractivity (Wildman–Crippen MR) is 197 cm³/mol. The summed E-state index contributed by atoms with van der Waals surface area (Å²) < 4.78 is 10.5. The second kappa shape index (κ2) is 33.1. The standard InChI is InChI=1S/C38H65NO8S/c1-3-5-7-9-11-13-14-15-17-18-20-22-26-35(34(41)25-24-27-36(42)43)48-31-33(39)38(45)47-32(29-40)30-46-37(44)28-23-21-19-16-12-10-8-6-4-2/h11,13,15,17-18,20,22,26,32-35,40-41H,3-10,12,14,16,19,21,23-25,27-31,39H2,1-2H3,(H,42,43)/b13-11-,17-15-,20-18+,26-22+/t32-,33-,34-,35+/m0/s1. The van der Waals surface area contributed by atoms with Crippen LogP contribution in [-0.4, -0.2) is 75.7 Å². The van der Waals surface area contributed by atoms with E-state index < -0.39 is 48.0 Å². The van der Waals surface area contributed by atoms with Gasteiger partial charge in [0.15, 0.2) is 6.10 Å². The molecule has 9 nitrogen and oxygen atoms in total. The molecule has 0 unspecified atom stereocenters. The molecule has 0 fully saturated rings. The van der Waals surface area contributed by atoms with E-state index in [0.29, 0.717) is 6.42 Å². The number of aliphatic hydroxyl groups excluding tert-OH is 2. The summed E-state index contributed by atoms with van der Waals surface area (Å²) in [6.45, 7) is 3.63.